The minimum atomic E-state index is -1.18. The maximum atomic E-state index is 13.3. The standard InChI is InChI=1S/C25H30N4O5/c30-22(31)16-27-23(32)20(14-17-8-3-1-4-9-17)28-25(34)21(15-18-10-5-2-6-11-18)29-24(33)19-12-7-13-26-19/h1-6,8-11,19-21,26H,7,12-16H2,(H,27,32)(H,28,34)(H,29,33)(H,30,31). The summed E-state index contributed by atoms with van der Waals surface area (Å²) in [5, 5.41) is 19.9. The van der Waals surface area contributed by atoms with Gasteiger partial charge in [-0.1, -0.05) is 60.7 Å². The molecule has 3 unspecified atom stereocenters. The third kappa shape index (κ3) is 7.70. The third-order valence-corrected chi connectivity index (χ3v) is 5.62. The largest absolute Gasteiger partial charge is 0.480 e. The average molecular weight is 467 g/mol. The van der Waals surface area contributed by atoms with Gasteiger partial charge in [0.2, 0.25) is 17.7 Å². The Hall–Kier alpha value is -3.72. The molecule has 5 N–H and O–H groups in total. The van der Waals surface area contributed by atoms with Crippen LogP contribution in [-0.2, 0) is 32.0 Å². The molecule has 0 aliphatic carbocycles. The lowest BCUT2D eigenvalue weighted by molar-refractivity contribution is -0.138. The number of benzene rings is 2. The topological polar surface area (TPSA) is 137 Å². The van der Waals surface area contributed by atoms with Crippen molar-refractivity contribution in [2.24, 2.45) is 0 Å². The van der Waals surface area contributed by atoms with Crippen LogP contribution in [0.4, 0.5) is 0 Å². The van der Waals surface area contributed by atoms with E-state index in [1.807, 2.05) is 60.7 Å². The minimum Gasteiger partial charge on any atom is -0.480 e. The van der Waals surface area contributed by atoms with Crippen molar-refractivity contribution in [1.82, 2.24) is 21.3 Å². The third-order valence-electron chi connectivity index (χ3n) is 5.62. The number of aliphatic carboxylic acids is 1. The van der Waals surface area contributed by atoms with Crippen molar-refractivity contribution in [1.29, 1.82) is 0 Å². The quantitative estimate of drug-likeness (QED) is 0.325. The Bertz CT molecular complexity index is 977. The van der Waals surface area contributed by atoms with Crippen LogP contribution in [0.1, 0.15) is 24.0 Å². The Labute approximate surface area is 198 Å². The van der Waals surface area contributed by atoms with E-state index in [2.05, 4.69) is 21.3 Å². The second kappa shape index (κ2) is 12.5. The molecule has 9 heteroatoms. The van der Waals surface area contributed by atoms with Crippen molar-refractivity contribution in [2.45, 2.75) is 43.8 Å². The summed E-state index contributed by atoms with van der Waals surface area (Å²) in [6.07, 6.45) is 2.00. The molecule has 3 atom stereocenters. The summed E-state index contributed by atoms with van der Waals surface area (Å²) in [7, 11) is 0. The first-order valence-electron chi connectivity index (χ1n) is 11.3. The van der Waals surface area contributed by atoms with E-state index in [1.165, 1.54) is 0 Å². The number of carbonyl (C=O) groups is 4. The molecular weight excluding hydrogens is 436 g/mol. The molecule has 2 aromatic rings. The van der Waals surface area contributed by atoms with Crippen LogP contribution in [0.2, 0.25) is 0 Å². The molecule has 0 aromatic heterocycles. The van der Waals surface area contributed by atoms with E-state index in [9.17, 15) is 19.2 Å². The normalized spacial score (nSPS) is 16.8. The number of hydrogen-bond donors (Lipinski definition) is 5. The molecule has 1 saturated heterocycles. The minimum absolute atomic E-state index is 0.175. The molecule has 0 saturated carbocycles. The summed E-state index contributed by atoms with van der Waals surface area (Å²) in [5.74, 6) is -2.57. The number of amides is 3. The van der Waals surface area contributed by atoms with Gasteiger partial charge in [0.25, 0.3) is 0 Å². The molecule has 1 aliphatic rings. The highest BCUT2D eigenvalue weighted by Gasteiger charge is 2.30. The predicted octanol–water partition coefficient (Wildman–Crippen LogP) is 0.394. The van der Waals surface area contributed by atoms with Gasteiger partial charge in [-0.2, -0.15) is 0 Å². The number of carbonyl (C=O) groups excluding carboxylic acids is 3. The van der Waals surface area contributed by atoms with Gasteiger partial charge in [-0.3, -0.25) is 19.2 Å². The van der Waals surface area contributed by atoms with E-state index < -0.39 is 36.4 Å². The van der Waals surface area contributed by atoms with E-state index in [0.717, 1.165) is 24.1 Å². The second-order valence-corrected chi connectivity index (χ2v) is 8.26. The molecule has 0 spiro atoms. The Morgan fingerprint density at radius 2 is 1.41 bits per heavy atom. The molecule has 34 heavy (non-hydrogen) atoms. The fraction of sp³-hybridized carbons (Fsp3) is 0.360. The van der Waals surface area contributed by atoms with Gasteiger partial charge < -0.3 is 26.4 Å². The van der Waals surface area contributed by atoms with Crippen molar-refractivity contribution in [3.05, 3.63) is 71.8 Å². The van der Waals surface area contributed by atoms with Gasteiger partial charge in [-0.25, -0.2) is 0 Å². The van der Waals surface area contributed by atoms with Crippen molar-refractivity contribution in [3.8, 4) is 0 Å². The van der Waals surface area contributed by atoms with Crippen molar-refractivity contribution < 1.29 is 24.3 Å². The van der Waals surface area contributed by atoms with Gasteiger partial charge in [0.1, 0.15) is 18.6 Å². The number of hydrogen-bond acceptors (Lipinski definition) is 5. The molecule has 1 heterocycles. The summed E-state index contributed by atoms with van der Waals surface area (Å²) in [4.78, 5) is 49.7. The maximum Gasteiger partial charge on any atom is 0.322 e. The molecule has 2 aromatic carbocycles. The van der Waals surface area contributed by atoms with Crippen molar-refractivity contribution in [2.75, 3.05) is 13.1 Å². The van der Waals surface area contributed by atoms with E-state index in [1.54, 1.807) is 0 Å². The van der Waals surface area contributed by atoms with Gasteiger partial charge in [-0.05, 0) is 30.5 Å². The molecule has 9 nitrogen and oxygen atoms in total. The number of carboxylic acids is 1. The highest BCUT2D eigenvalue weighted by atomic mass is 16.4. The molecule has 0 radical (unpaired) electrons. The summed E-state index contributed by atoms with van der Waals surface area (Å²) in [6, 6.07) is 16.1. The molecule has 1 fully saturated rings. The maximum absolute atomic E-state index is 13.3. The Morgan fingerprint density at radius 3 is 1.91 bits per heavy atom. The molecule has 180 valence electrons. The lowest BCUT2D eigenvalue weighted by Gasteiger charge is -2.24. The van der Waals surface area contributed by atoms with E-state index in [-0.39, 0.29) is 24.8 Å². The predicted molar refractivity (Wildman–Crippen MR) is 126 cm³/mol. The average Bonchev–Trinajstić information content (AvgIpc) is 3.38. The zero-order valence-electron chi connectivity index (χ0n) is 18.8. The zero-order valence-corrected chi connectivity index (χ0v) is 18.8. The first kappa shape index (κ1) is 24.9. The Morgan fingerprint density at radius 1 is 0.853 bits per heavy atom. The Balaban J connectivity index is 1.76. The van der Waals surface area contributed by atoms with Crippen LogP contribution < -0.4 is 21.3 Å². The van der Waals surface area contributed by atoms with Gasteiger partial charge in [-0.15, -0.1) is 0 Å². The highest BCUT2D eigenvalue weighted by molar-refractivity contribution is 5.94. The molecular formula is C25H30N4O5. The van der Waals surface area contributed by atoms with Crippen LogP contribution in [0, 0.1) is 0 Å². The number of rotatable bonds is 11. The van der Waals surface area contributed by atoms with Crippen LogP contribution >= 0.6 is 0 Å². The van der Waals surface area contributed by atoms with Gasteiger partial charge in [0.15, 0.2) is 0 Å². The molecule has 0 bridgehead atoms. The molecule has 1 aliphatic heterocycles. The Kier molecular flexibility index (Phi) is 9.16. The lowest BCUT2D eigenvalue weighted by atomic mass is 10.0. The summed E-state index contributed by atoms with van der Waals surface area (Å²) in [6.45, 7) is 0.189. The van der Waals surface area contributed by atoms with E-state index >= 15 is 0 Å². The lowest BCUT2D eigenvalue weighted by Crippen LogP contribution is -2.57. The fourth-order valence-corrected chi connectivity index (χ4v) is 3.86. The number of carboxylic acid groups (broad SMARTS) is 1. The van der Waals surface area contributed by atoms with Gasteiger partial charge >= 0.3 is 5.97 Å². The van der Waals surface area contributed by atoms with Crippen LogP contribution in [-0.4, -0.2) is 60.0 Å². The van der Waals surface area contributed by atoms with Gasteiger partial charge in [0, 0.05) is 12.8 Å². The van der Waals surface area contributed by atoms with E-state index in [0.29, 0.717) is 6.42 Å². The molecule has 3 rings (SSSR count). The van der Waals surface area contributed by atoms with Crippen LogP contribution in [0.15, 0.2) is 60.7 Å². The van der Waals surface area contributed by atoms with Crippen molar-refractivity contribution in [3.63, 3.8) is 0 Å². The van der Waals surface area contributed by atoms with Crippen LogP contribution in [0.3, 0.4) is 0 Å². The summed E-state index contributed by atoms with van der Waals surface area (Å²) >= 11 is 0. The van der Waals surface area contributed by atoms with Crippen LogP contribution in [0.5, 0.6) is 0 Å². The first-order chi connectivity index (χ1) is 16.4. The second-order valence-electron chi connectivity index (χ2n) is 8.26. The smallest absolute Gasteiger partial charge is 0.322 e. The number of nitrogens with one attached hydrogen (secondary N) is 4. The van der Waals surface area contributed by atoms with E-state index in [4.69, 9.17) is 5.11 Å². The zero-order chi connectivity index (χ0) is 24.3. The SMILES string of the molecule is O=C(O)CNC(=O)C(Cc1ccccc1)NC(=O)C(Cc1ccccc1)NC(=O)C1CCCN1. The summed E-state index contributed by atoms with van der Waals surface area (Å²) in [5.41, 5.74) is 1.66. The van der Waals surface area contributed by atoms with Gasteiger partial charge in [0.05, 0.1) is 6.04 Å². The fourth-order valence-electron chi connectivity index (χ4n) is 3.86. The van der Waals surface area contributed by atoms with Crippen molar-refractivity contribution >= 4 is 23.7 Å². The highest BCUT2D eigenvalue weighted by Crippen LogP contribution is 2.09. The molecule has 3 amide bonds. The summed E-state index contributed by atoms with van der Waals surface area (Å²) < 4.78 is 0. The van der Waals surface area contributed by atoms with Crippen LogP contribution in [0.25, 0.3) is 0 Å². The first-order valence-corrected chi connectivity index (χ1v) is 11.3. The monoisotopic (exact) mass is 466 g/mol.